The summed E-state index contributed by atoms with van der Waals surface area (Å²) in [5.74, 6) is 0.810. The first-order valence-electron chi connectivity index (χ1n) is 6.06. The van der Waals surface area contributed by atoms with Crippen LogP contribution in [0.25, 0.3) is 0 Å². The highest BCUT2D eigenvalue weighted by molar-refractivity contribution is 4.91. The third-order valence-electron chi connectivity index (χ3n) is 3.60. The van der Waals surface area contributed by atoms with E-state index in [-0.39, 0.29) is 0 Å². The molecule has 2 N–H and O–H groups in total. The molecule has 0 spiro atoms. The van der Waals surface area contributed by atoms with Crippen LogP contribution in [0.3, 0.4) is 0 Å². The topological polar surface area (TPSA) is 32.3 Å². The van der Waals surface area contributed by atoms with Crippen molar-refractivity contribution in [2.24, 2.45) is 5.92 Å². The molecule has 2 nitrogen and oxygen atoms in total. The predicted octanol–water partition coefficient (Wildman–Crippen LogP) is 2.32. The Hall–Kier alpha value is -0.0800. The molecule has 0 aromatic carbocycles. The van der Waals surface area contributed by atoms with Crippen molar-refractivity contribution in [3.8, 4) is 0 Å². The molecule has 1 heterocycles. The SMILES string of the molecule is CCCC(C)(O)C1CC(CC)CCN1. The van der Waals surface area contributed by atoms with Crippen LogP contribution in [0.1, 0.15) is 52.9 Å². The smallest absolute Gasteiger partial charge is 0.0772 e. The average molecular weight is 199 g/mol. The van der Waals surface area contributed by atoms with Crippen LogP contribution in [0.4, 0.5) is 0 Å². The summed E-state index contributed by atoms with van der Waals surface area (Å²) in [6.45, 7) is 7.44. The minimum atomic E-state index is -0.511. The Morgan fingerprint density at radius 2 is 2.14 bits per heavy atom. The van der Waals surface area contributed by atoms with Gasteiger partial charge in [0.2, 0.25) is 0 Å². The summed E-state index contributed by atoms with van der Waals surface area (Å²) in [5.41, 5.74) is -0.511. The second-order valence-electron chi connectivity index (χ2n) is 4.91. The van der Waals surface area contributed by atoms with Crippen molar-refractivity contribution in [1.82, 2.24) is 5.32 Å². The summed E-state index contributed by atoms with van der Waals surface area (Å²) >= 11 is 0. The number of rotatable bonds is 4. The zero-order valence-electron chi connectivity index (χ0n) is 9.84. The van der Waals surface area contributed by atoms with Gasteiger partial charge in [-0.3, -0.25) is 0 Å². The Morgan fingerprint density at radius 3 is 2.71 bits per heavy atom. The molecule has 14 heavy (non-hydrogen) atoms. The molecule has 0 saturated carbocycles. The van der Waals surface area contributed by atoms with Gasteiger partial charge in [0.15, 0.2) is 0 Å². The molecule has 0 aromatic heterocycles. The number of hydrogen-bond donors (Lipinski definition) is 2. The number of piperidine rings is 1. The second kappa shape index (κ2) is 5.13. The van der Waals surface area contributed by atoms with E-state index in [1.165, 1.54) is 12.8 Å². The standard InChI is InChI=1S/C12H25NO/c1-4-7-12(3,14)11-9-10(5-2)6-8-13-11/h10-11,13-14H,4-9H2,1-3H3. The summed E-state index contributed by atoms with van der Waals surface area (Å²) in [7, 11) is 0. The van der Waals surface area contributed by atoms with Crippen molar-refractivity contribution in [3.05, 3.63) is 0 Å². The molecule has 1 rings (SSSR count). The van der Waals surface area contributed by atoms with Gasteiger partial charge < -0.3 is 10.4 Å². The molecular formula is C12H25NO. The Bertz CT molecular complexity index is 168. The molecule has 1 aliphatic rings. The monoisotopic (exact) mass is 199 g/mol. The Balaban J connectivity index is 2.49. The highest BCUT2D eigenvalue weighted by Gasteiger charge is 2.34. The molecule has 0 amide bonds. The van der Waals surface area contributed by atoms with Crippen molar-refractivity contribution < 1.29 is 5.11 Å². The molecule has 1 saturated heterocycles. The molecule has 1 fully saturated rings. The largest absolute Gasteiger partial charge is 0.389 e. The third-order valence-corrected chi connectivity index (χ3v) is 3.60. The van der Waals surface area contributed by atoms with E-state index in [0.717, 1.165) is 31.7 Å². The molecule has 0 aromatic rings. The van der Waals surface area contributed by atoms with E-state index in [9.17, 15) is 5.11 Å². The first-order valence-corrected chi connectivity index (χ1v) is 6.06. The summed E-state index contributed by atoms with van der Waals surface area (Å²) in [6, 6.07) is 0.307. The van der Waals surface area contributed by atoms with Gasteiger partial charge in [0.1, 0.15) is 0 Å². The fourth-order valence-corrected chi connectivity index (χ4v) is 2.52. The minimum Gasteiger partial charge on any atom is -0.389 e. The molecular weight excluding hydrogens is 174 g/mol. The summed E-state index contributed by atoms with van der Waals surface area (Å²) in [5, 5.41) is 13.7. The molecule has 3 atom stereocenters. The molecule has 3 unspecified atom stereocenters. The van der Waals surface area contributed by atoms with Crippen LogP contribution in [-0.4, -0.2) is 23.3 Å². The third kappa shape index (κ3) is 2.96. The Kier molecular flexibility index (Phi) is 4.39. The van der Waals surface area contributed by atoms with E-state index in [1.807, 2.05) is 6.92 Å². The van der Waals surface area contributed by atoms with E-state index in [0.29, 0.717) is 6.04 Å². The predicted molar refractivity (Wildman–Crippen MR) is 60.3 cm³/mol. The van der Waals surface area contributed by atoms with Gasteiger partial charge in [0.05, 0.1) is 5.60 Å². The highest BCUT2D eigenvalue weighted by atomic mass is 16.3. The lowest BCUT2D eigenvalue weighted by Crippen LogP contribution is -2.52. The Morgan fingerprint density at radius 1 is 1.43 bits per heavy atom. The van der Waals surface area contributed by atoms with E-state index in [2.05, 4.69) is 19.2 Å². The van der Waals surface area contributed by atoms with Gasteiger partial charge in [-0.05, 0) is 38.6 Å². The normalized spacial score (nSPS) is 32.6. The number of hydrogen-bond acceptors (Lipinski definition) is 2. The lowest BCUT2D eigenvalue weighted by Gasteiger charge is -2.39. The van der Waals surface area contributed by atoms with Gasteiger partial charge in [-0.15, -0.1) is 0 Å². The second-order valence-corrected chi connectivity index (χ2v) is 4.91. The van der Waals surface area contributed by atoms with Crippen LogP contribution >= 0.6 is 0 Å². The summed E-state index contributed by atoms with van der Waals surface area (Å²) in [6.07, 6.45) is 5.63. The fourth-order valence-electron chi connectivity index (χ4n) is 2.52. The van der Waals surface area contributed by atoms with Crippen molar-refractivity contribution in [1.29, 1.82) is 0 Å². The first-order chi connectivity index (χ1) is 6.60. The van der Waals surface area contributed by atoms with Gasteiger partial charge in [0, 0.05) is 6.04 Å². The minimum absolute atomic E-state index is 0.307. The zero-order valence-corrected chi connectivity index (χ0v) is 9.84. The van der Waals surface area contributed by atoms with Crippen LogP contribution in [0.15, 0.2) is 0 Å². The van der Waals surface area contributed by atoms with Gasteiger partial charge in [-0.25, -0.2) is 0 Å². The Labute approximate surface area is 88.1 Å². The van der Waals surface area contributed by atoms with Crippen molar-refractivity contribution in [3.63, 3.8) is 0 Å². The molecule has 84 valence electrons. The van der Waals surface area contributed by atoms with Crippen LogP contribution in [0.5, 0.6) is 0 Å². The maximum absolute atomic E-state index is 10.3. The molecule has 1 aliphatic heterocycles. The van der Waals surface area contributed by atoms with Crippen LogP contribution in [0, 0.1) is 5.92 Å². The average Bonchev–Trinajstić information content (AvgIpc) is 2.18. The van der Waals surface area contributed by atoms with Gasteiger partial charge in [-0.2, -0.15) is 0 Å². The van der Waals surface area contributed by atoms with E-state index >= 15 is 0 Å². The first kappa shape index (κ1) is 12.0. The maximum Gasteiger partial charge on any atom is 0.0772 e. The lowest BCUT2D eigenvalue weighted by atomic mass is 9.80. The molecule has 0 aliphatic carbocycles. The van der Waals surface area contributed by atoms with Crippen LogP contribution in [0.2, 0.25) is 0 Å². The van der Waals surface area contributed by atoms with Crippen LogP contribution < -0.4 is 5.32 Å². The summed E-state index contributed by atoms with van der Waals surface area (Å²) < 4.78 is 0. The molecule has 0 radical (unpaired) electrons. The number of nitrogens with one attached hydrogen (secondary N) is 1. The molecule has 0 bridgehead atoms. The fraction of sp³-hybridized carbons (Fsp3) is 1.00. The van der Waals surface area contributed by atoms with Gasteiger partial charge in [0.25, 0.3) is 0 Å². The highest BCUT2D eigenvalue weighted by Crippen LogP contribution is 2.28. The quantitative estimate of drug-likeness (QED) is 0.728. The lowest BCUT2D eigenvalue weighted by molar-refractivity contribution is -0.00636. The van der Waals surface area contributed by atoms with E-state index in [4.69, 9.17) is 0 Å². The van der Waals surface area contributed by atoms with Crippen molar-refractivity contribution in [2.75, 3.05) is 6.54 Å². The summed E-state index contributed by atoms with van der Waals surface area (Å²) in [4.78, 5) is 0. The zero-order chi connectivity index (χ0) is 10.6. The van der Waals surface area contributed by atoms with Crippen molar-refractivity contribution in [2.45, 2.75) is 64.5 Å². The maximum atomic E-state index is 10.3. The van der Waals surface area contributed by atoms with Crippen molar-refractivity contribution >= 4 is 0 Å². The van der Waals surface area contributed by atoms with Gasteiger partial charge >= 0.3 is 0 Å². The van der Waals surface area contributed by atoms with E-state index in [1.54, 1.807) is 0 Å². The number of aliphatic hydroxyl groups is 1. The van der Waals surface area contributed by atoms with Gasteiger partial charge in [-0.1, -0.05) is 26.7 Å². The van der Waals surface area contributed by atoms with E-state index < -0.39 is 5.60 Å². The molecule has 2 heteroatoms. The van der Waals surface area contributed by atoms with Crippen LogP contribution in [-0.2, 0) is 0 Å².